The summed E-state index contributed by atoms with van der Waals surface area (Å²) in [5, 5.41) is 11.7. The Kier molecular flexibility index (Phi) is 5.87. The molecule has 0 saturated carbocycles. The second kappa shape index (κ2) is 7.24. The summed E-state index contributed by atoms with van der Waals surface area (Å²) in [6.45, 7) is 5.86. The number of nitrogens with zero attached hydrogens (tertiary/aromatic N) is 2. The van der Waals surface area contributed by atoms with E-state index in [1.807, 2.05) is 6.92 Å². The Hall–Kier alpha value is -1.08. The van der Waals surface area contributed by atoms with Crippen LogP contribution in [0.4, 0.5) is 0 Å². The number of carbonyl (C=O) groups excluding carboxylic acids is 1. The minimum Gasteiger partial charge on any atom is -0.354 e. The van der Waals surface area contributed by atoms with E-state index in [1.165, 1.54) is 12.8 Å². The zero-order valence-electron chi connectivity index (χ0n) is 10.0. The molecule has 0 radical (unpaired) electrons. The van der Waals surface area contributed by atoms with Crippen molar-refractivity contribution in [1.29, 1.82) is 5.26 Å². The van der Waals surface area contributed by atoms with Crippen LogP contribution in [-0.4, -0.2) is 37.0 Å². The lowest BCUT2D eigenvalue weighted by atomic mass is 10.1. The maximum atomic E-state index is 11.6. The molecule has 4 heteroatoms. The minimum atomic E-state index is -0.469. The Bertz CT molecular complexity index is 253. The van der Waals surface area contributed by atoms with E-state index in [2.05, 4.69) is 16.3 Å². The zero-order valence-corrected chi connectivity index (χ0v) is 10.0. The number of hydrogen-bond donors (Lipinski definition) is 1. The Morgan fingerprint density at radius 1 is 1.50 bits per heavy atom. The fraction of sp³-hybridized carbons (Fsp3) is 0.833. The Morgan fingerprint density at radius 2 is 2.19 bits per heavy atom. The normalized spacial score (nSPS) is 18.0. The van der Waals surface area contributed by atoms with Crippen LogP contribution < -0.4 is 5.32 Å². The first-order chi connectivity index (χ1) is 7.77. The van der Waals surface area contributed by atoms with Crippen LogP contribution in [0.25, 0.3) is 0 Å². The highest BCUT2D eigenvalue weighted by molar-refractivity contribution is 5.80. The Labute approximate surface area is 97.6 Å². The third kappa shape index (κ3) is 4.19. The van der Waals surface area contributed by atoms with E-state index in [-0.39, 0.29) is 5.91 Å². The first kappa shape index (κ1) is 13.0. The van der Waals surface area contributed by atoms with E-state index in [0.29, 0.717) is 13.0 Å². The van der Waals surface area contributed by atoms with Gasteiger partial charge in [0, 0.05) is 13.1 Å². The molecule has 1 rings (SSSR count). The number of nitriles is 1. The first-order valence-corrected chi connectivity index (χ1v) is 6.17. The minimum absolute atomic E-state index is 0.108. The van der Waals surface area contributed by atoms with Gasteiger partial charge in [0.05, 0.1) is 6.07 Å². The predicted octanol–water partition coefficient (Wildman–Crippen LogP) is 1.14. The monoisotopic (exact) mass is 223 g/mol. The number of nitrogens with one attached hydrogen (secondary N) is 1. The summed E-state index contributed by atoms with van der Waals surface area (Å²) in [5.74, 6) is -0.577. The van der Waals surface area contributed by atoms with Gasteiger partial charge in [-0.3, -0.25) is 4.79 Å². The summed E-state index contributed by atoms with van der Waals surface area (Å²) in [7, 11) is 0. The van der Waals surface area contributed by atoms with Crippen LogP contribution >= 0.6 is 0 Å². The summed E-state index contributed by atoms with van der Waals surface area (Å²) in [5.41, 5.74) is 0. The quantitative estimate of drug-likeness (QED) is 0.734. The van der Waals surface area contributed by atoms with E-state index >= 15 is 0 Å². The molecule has 0 aromatic carbocycles. The molecule has 1 unspecified atom stereocenters. The summed E-state index contributed by atoms with van der Waals surface area (Å²) in [6.07, 6.45) is 4.07. The molecule has 0 aliphatic carbocycles. The van der Waals surface area contributed by atoms with E-state index < -0.39 is 5.92 Å². The van der Waals surface area contributed by atoms with Crippen LogP contribution in [0.15, 0.2) is 0 Å². The van der Waals surface area contributed by atoms with Gasteiger partial charge in [-0.1, -0.05) is 13.3 Å². The molecular weight excluding hydrogens is 202 g/mol. The molecule has 0 bridgehead atoms. The van der Waals surface area contributed by atoms with Gasteiger partial charge in [0.25, 0.3) is 0 Å². The van der Waals surface area contributed by atoms with Gasteiger partial charge in [0.2, 0.25) is 5.91 Å². The fourth-order valence-electron chi connectivity index (χ4n) is 2.01. The molecule has 0 aromatic rings. The van der Waals surface area contributed by atoms with E-state index in [0.717, 1.165) is 26.1 Å². The number of likely N-dealkylation sites (tertiary alicyclic amines) is 1. The second-order valence-corrected chi connectivity index (χ2v) is 4.31. The molecule has 1 aliphatic rings. The van der Waals surface area contributed by atoms with Crippen LogP contribution in [0.3, 0.4) is 0 Å². The maximum Gasteiger partial charge on any atom is 0.237 e. The molecule has 16 heavy (non-hydrogen) atoms. The largest absolute Gasteiger partial charge is 0.354 e. The lowest BCUT2D eigenvalue weighted by Crippen LogP contribution is -2.36. The van der Waals surface area contributed by atoms with Crippen molar-refractivity contribution in [2.45, 2.75) is 32.6 Å². The van der Waals surface area contributed by atoms with Crippen molar-refractivity contribution in [3.63, 3.8) is 0 Å². The highest BCUT2D eigenvalue weighted by atomic mass is 16.1. The third-order valence-electron chi connectivity index (χ3n) is 2.98. The van der Waals surface area contributed by atoms with Crippen LogP contribution in [0, 0.1) is 17.2 Å². The summed E-state index contributed by atoms with van der Waals surface area (Å²) >= 11 is 0. The van der Waals surface area contributed by atoms with E-state index in [4.69, 9.17) is 5.26 Å². The fourth-order valence-corrected chi connectivity index (χ4v) is 2.01. The second-order valence-electron chi connectivity index (χ2n) is 4.31. The highest BCUT2D eigenvalue weighted by Crippen LogP contribution is 2.06. The van der Waals surface area contributed by atoms with Gasteiger partial charge in [-0.15, -0.1) is 0 Å². The molecular formula is C12H21N3O. The summed E-state index contributed by atoms with van der Waals surface area (Å²) in [4.78, 5) is 13.9. The SMILES string of the molecule is CCCC(C#N)C(=O)NCCN1CCCC1. The number of carbonyl (C=O) groups is 1. The van der Waals surface area contributed by atoms with Gasteiger partial charge < -0.3 is 10.2 Å². The summed E-state index contributed by atoms with van der Waals surface area (Å²) in [6, 6.07) is 2.06. The van der Waals surface area contributed by atoms with E-state index in [1.54, 1.807) is 0 Å². The van der Waals surface area contributed by atoms with Gasteiger partial charge in [-0.2, -0.15) is 5.26 Å². The smallest absolute Gasteiger partial charge is 0.237 e. The molecule has 1 aliphatic heterocycles. The lowest BCUT2D eigenvalue weighted by Gasteiger charge is -2.15. The molecule has 4 nitrogen and oxygen atoms in total. The molecule has 1 saturated heterocycles. The van der Waals surface area contributed by atoms with E-state index in [9.17, 15) is 4.79 Å². The molecule has 1 N–H and O–H groups in total. The van der Waals surface area contributed by atoms with Crippen LogP contribution in [0.1, 0.15) is 32.6 Å². The molecule has 90 valence electrons. The van der Waals surface area contributed by atoms with Crippen molar-refractivity contribution in [1.82, 2.24) is 10.2 Å². The molecule has 1 atom stereocenters. The van der Waals surface area contributed by atoms with Gasteiger partial charge in [-0.05, 0) is 32.4 Å². The van der Waals surface area contributed by atoms with Gasteiger partial charge in [0.15, 0.2) is 0 Å². The standard InChI is InChI=1S/C12H21N3O/c1-2-5-11(10-13)12(16)14-6-9-15-7-3-4-8-15/h11H,2-9H2,1H3,(H,14,16). The molecule has 1 fully saturated rings. The maximum absolute atomic E-state index is 11.6. The number of hydrogen-bond acceptors (Lipinski definition) is 3. The van der Waals surface area contributed by atoms with Crippen LogP contribution in [0.2, 0.25) is 0 Å². The summed E-state index contributed by atoms with van der Waals surface area (Å²) < 4.78 is 0. The molecule has 0 aromatic heterocycles. The van der Waals surface area contributed by atoms with Crippen molar-refractivity contribution in [3.8, 4) is 6.07 Å². The van der Waals surface area contributed by atoms with Crippen molar-refractivity contribution >= 4 is 5.91 Å². The van der Waals surface area contributed by atoms with Crippen molar-refractivity contribution in [2.24, 2.45) is 5.92 Å². The lowest BCUT2D eigenvalue weighted by molar-refractivity contribution is -0.123. The van der Waals surface area contributed by atoms with Crippen molar-refractivity contribution in [3.05, 3.63) is 0 Å². The molecule has 1 heterocycles. The Balaban J connectivity index is 2.15. The number of amides is 1. The van der Waals surface area contributed by atoms with Gasteiger partial charge in [0.1, 0.15) is 5.92 Å². The van der Waals surface area contributed by atoms with Gasteiger partial charge in [-0.25, -0.2) is 0 Å². The topological polar surface area (TPSA) is 56.1 Å². The van der Waals surface area contributed by atoms with Crippen molar-refractivity contribution < 1.29 is 4.79 Å². The average Bonchev–Trinajstić information content (AvgIpc) is 2.78. The first-order valence-electron chi connectivity index (χ1n) is 6.17. The average molecular weight is 223 g/mol. The highest BCUT2D eigenvalue weighted by Gasteiger charge is 2.17. The Morgan fingerprint density at radius 3 is 2.75 bits per heavy atom. The number of rotatable bonds is 6. The van der Waals surface area contributed by atoms with Crippen molar-refractivity contribution in [2.75, 3.05) is 26.2 Å². The molecule has 0 spiro atoms. The predicted molar refractivity (Wildman–Crippen MR) is 62.7 cm³/mol. The third-order valence-corrected chi connectivity index (χ3v) is 2.98. The van der Waals surface area contributed by atoms with Crippen LogP contribution in [-0.2, 0) is 4.79 Å². The van der Waals surface area contributed by atoms with Crippen LogP contribution in [0.5, 0.6) is 0 Å². The van der Waals surface area contributed by atoms with Gasteiger partial charge >= 0.3 is 0 Å². The zero-order chi connectivity index (χ0) is 11.8. The molecule has 1 amide bonds.